The van der Waals surface area contributed by atoms with E-state index in [1.807, 2.05) is 0 Å². The molecular weight excluding hydrogens is 244 g/mol. The Labute approximate surface area is 123 Å². The van der Waals surface area contributed by atoms with Crippen molar-refractivity contribution >= 4 is 7.25 Å². The van der Waals surface area contributed by atoms with Crippen LogP contribution in [0.15, 0.2) is 24.5 Å². The SMILES string of the molecule is CCCC[n+]1ccc(C)cc1.F[B-](F)(F)F.[H-].[Na+]. The van der Waals surface area contributed by atoms with E-state index in [-0.39, 0.29) is 31.0 Å². The average Bonchev–Trinajstić information content (AvgIpc) is 2.14. The molecule has 0 aromatic carbocycles. The van der Waals surface area contributed by atoms with Crippen LogP contribution in [0.25, 0.3) is 0 Å². The predicted molar refractivity (Wildman–Crippen MR) is 57.6 cm³/mol. The van der Waals surface area contributed by atoms with Crippen LogP contribution in [0.4, 0.5) is 17.3 Å². The summed E-state index contributed by atoms with van der Waals surface area (Å²) in [6.07, 6.45) is 6.82. The van der Waals surface area contributed by atoms with Crippen molar-refractivity contribution in [1.82, 2.24) is 0 Å². The van der Waals surface area contributed by atoms with E-state index in [9.17, 15) is 17.3 Å². The first-order valence-corrected chi connectivity index (χ1v) is 5.16. The molecule has 7 heteroatoms. The molecule has 17 heavy (non-hydrogen) atoms. The molecule has 0 saturated carbocycles. The van der Waals surface area contributed by atoms with Crippen LogP contribution in [0.5, 0.6) is 0 Å². The molecule has 1 aromatic heterocycles. The van der Waals surface area contributed by atoms with Crippen molar-refractivity contribution in [2.75, 3.05) is 0 Å². The number of hydrogen-bond acceptors (Lipinski definition) is 0. The second-order valence-electron chi connectivity index (χ2n) is 3.46. The number of pyridine rings is 1. The Hall–Kier alpha value is -0.0651. The molecule has 0 amide bonds. The number of nitrogens with zero attached hydrogens (tertiary/aromatic N) is 1. The van der Waals surface area contributed by atoms with Crippen LogP contribution in [0.3, 0.4) is 0 Å². The van der Waals surface area contributed by atoms with Crippen molar-refractivity contribution in [3.63, 3.8) is 0 Å². The zero-order valence-corrected chi connectivity index (χ0v) is 12.5. The van der Waals surface area contributed by atoms with Crippen LogP contribution < -0.4 is 34.1 Å². The van der Waals surface area contributed by atoms with Gasteiger partial charge in [-0.05, 0) is 12.5 Å². The molecule has 1 heterocycles. The average molecular weight is 261 g/mol. The fraction of sp³-hybridized carbons (Fsp3) is 0.500. The first-order valence-electron chi connectivity index (χ1n) is 5.16. The molecule has 0 aliphatic rings. The van der Waals surface area contributed by atoms with E-state index in [0.717, 1.165) is 6.54 Å². The topological polar surface area (TPSA) is 3.88 Å². The van der Waals surface area contributed by atoms with E-state index in [4.69, 9.17) is 0 Å². The van der Waals surface area contributed by atoms with Gasteiger partial charge in [-0.3, -0.25) is 0 Å². The van der Waals surface area contributed by atoms with Gasteiger partial charge >= 0.3 is 36.8 Å². The maximum atomic E-state index is 9.75. The summed E-state index contributed by atoms with van der Waals surface area (Å²) in [4.78, 5) is 0. The van der Waals surface area contributed by atoms with Gasteiger partial charge in [0.15, 0.2) is 12.4 Å². The van der Waals surface area contributed by atoms with Crippen LogP contribution in [-0.2, 0) is 6.54 Å². The Bertz CT molecular complexity index is 289. The molecule has 1 aromatic rings. The summed E-state index contributed by atoms with van der Waals surface area (Å²) in [5, 5.41) is 0. The number of hydrogen-bond donors (Lipinski definition) is 0. The van der Waals surface area contributed by atoms with Crippen molar-refractivity contribution < 1.29 is 52.8 Å². The summed E-state index contributed by atoms with van der Waals surface area (Å²) in [6, 6.07) is 4.30. The number of halogens is 4. The molecule has 0 spiro atoms. The summed E-state index contributed by atoms with van der Waals surface area (Å²) in [5.41, 5.74) is 1.33. The van der Waals surface area contributed by atoms with Crippen LogP contribution in [0.1, 0.15) is 26.8 Å². The third kappa shape index (κ3) is 15.9. The molecule has 0 bridgehead atoms. The van der Waals surface area contributed by atoms with Crippen LogP contribution in [-0.4, -0.2) is 7.25 Å². The van der Waals surface area contributed by atoms with Crippen molar-refractivity contribution in [3.05, 3.63) is 30.1 Å². The Morgan fingerprint density at radius 2 is 1.59 bits per heavy atom. The molecule has 0 aliphatic heterocycles. The quantitative estimate of drug-likeness (QED) is 0.424. The molecule has 0 fully saturated rings. The Morgan fingerprint density at radius 1 is 1.18 bits per heavy atom. The number of aromatic nitrogens is 1. The second kappa shape index (κ2) is 9.91. The molecule has 0 N–H and O–H groups in total. The first kappa shape index (κ1) is 19.3. The molecule has 0 saturated heterocycles. The number of aryl methyl sites for hydroxylation is 2. The predicted octanol–water partition coefficient (Wildman–Crippen LogP) is 0.499. The van der Waals surface area contributed by atoms with Crippen molar-refractivity contribution in [2.45, 2.75) is 33.2 Å². The largest absolute Gasteiger partial charge is 1.00 e. The van der Waals surface area contributed by atoms with E-state index in [1.54, 1.807) is 0 Å². The maximum absolute atomic E-state index is 9.75. The Morgan fingerprint density at radius 3 is 1.94 bits per heavy atom. The monoisotopic (exact) mass is 261 g/mol. The third-order valence-electron chi connectivity index (χ3n) is 1.83. The van der Waals surface area contributed by atoms with Gasteiger partial charge in [0.05, 0.1) is 0 Å². The Kier molecular flexibility index (Phi) is 11.2. The van der Waals surface area contributed by atoms with Gasteiger partial charge < -0.3 is 18.7 Å². The van der Waals surface area contributed by atoms with Crippen LogP contribution >= 0.6 is 0 Å². The molecule has 0 unspecified atom stereocenters. The van der Waals surface area contributed by atoms with Gasteiger partial charge in [-0.1, -0.05) is 13.3 Å². The molecule has 1 nitrogen and oxygen atoms in total. The summed E-state index contributed by atoms with van der Waals surface area (Å²) >= 11 is 0. The zero-order valence-electron chi connectivity index (χ0n) is 11.5. The minimum Gasteiger partial charge on any atom is -1.00 e. The molecular formula is C10H17BF4NNa. The van der Waals surface area contributed by atoms with Gasteiger partial charge in [-0.2, -0.15) is 0 Å². The van der Waals surface area contributed by atoms with Crippen molar-refractivity contribution in [2.24, 2.45) is 0 Å². The van der Waals surface area contributed by atoms with Crippen molar-refractivity contribution in [1.29, 1.82) is 0 Å². The molecule has 94 valence electrons. The van der Waals surface area contributed by atoms with E-state index in [1.165, 1.54) is 18.4 Å². The summed E-state index contributed by atoms with van der Waals surface area (Å²) in [6.45, 7) is 5.48. The summed E-state index contributed by atoms with van der Waals surface area (Å²) in [7, 11) is -6.00. The van der Waals surface area contributed by atoms with E-state index >= 15 is 0 Å². The van der Waals surface area contributed by atoms with Gasteiger partial charge in [0.25, 0.3) is 0 Å². The van der Waals surface area contributed by atoms with Crippen LogP contribution in [0, 0.1) is 6.92 Å². The minimum atomic E-state index is -6.00. The van der Waals surface area contributed by atoms with Gasteiger partial charge in [0, 0.05) is 18.6 Å². The first-order chi connectivity index (χ1) is 7.33. The standard InChI is InChI=1S/C10H16N.BF4.Na.H/c1-3-4-7-11-8-5-10(2)6-9-11;2-1(3,4)5;;/h5-6,8-9H,3-4,7H2,1-2H3;;;/q+1;-1;+1;-1. The van der Waals surface area contributed by atoms with Crippen molar-refractivity contribution in [3.8, 4) is 0 Å². The maximum Gasteiger partial charge on any atom is 1.00 e. The summed E-state index contributed by atoms with van der Waals surface area (Å²) in [5.74, 6) is 0. The van der Waals surface area contributed by atoms with E-state index in [2.05, 4.69) is 42.9 Å². The van der Waals surface area contributed by atoms with Gasteiger partial charge in [0.1, 0.15) is 6.54 Å². The molecule has 1 rings (SSSR count). The normalized spacial score (nSPS) is 10.0. The molecule has 0 aliphatic carbocycles. The Balaban J connectivity index is -0.000000282. The minimum absolute atomic E-state index is 0. The fourth-order valence-corrected chi connectivity index (χ4v) is 1.02. The van der Waals surface area contributed by atoms with Crippen LogP contribution in [0.2, 0.25) is 0 Å². The smallest absolute Gasteiger partial charge is 1.00 e. The zero-order chi connectivity index (χ0) is 12.6. The third-order valence-corrected chi connectivity index (χ3v) is 1.83. The van der Waals surface area contributed by atoms with Gasteiger partial charge in [-0.15, -0.1) is 0 Å². The second-order valence-corrected chi connectivity index (χ2v) is 3.46. The fourth-order valence-electron chi connectivity index (χ4n) is 1.02. The van der Waals surface area contributed by atoms with Gasteiger partial charge in [0.2, 0.25) is 0 Å². The van der Waals surface area contributed by atoms with E-state index in [0.29, 0.717) is 0 Å². The number of rotatable bonds is 3. The summed E-state index contributed by atoms with van der Waals surface area (Å²) < 4.78 is 41.2. The number of unbranched alkanes of at least 4 members (excludes halogenated alkanes) is 1. The van der Waals surface area contributed by atoms with Gasteiger partial charge in [-0.25, -0.2) is 4.57 Å². The molecule has 0 atom stereocenters. The van der Waals surface area contributed by atoms with E-state index < -0.39 is 7.25 Å². The molecule has 0 radical (unpaired) electrons.